The molecule has 0 amide bonds. The normalized spacial score (nSPS) is 16.6. The summed E-state index contributed by atoms with van der Waals surface area (Å²) in [6.45, 7) is 1.00. The standard InChI is InChI=1S/C12H18BrN3/c13-11-7-10(14)8-16-12(11)15-6-5-9-3-1-2-4-9/h7-9H,1-6,14H2,(H,15,16). The summed E-state index contributed by atoms with van der Waals surface area (Å²) in [7, 11) is 0. The van der Waals surface area contributed by atoms with Crippen LogP contribution >= 0.6 is 15.9 Å². The molecule has 0 spiro atoms. The maximum atomic E-state index is 5.64. The fourth-order valence-electron chi connectivity index (χ4n) is 2.28. The van der Waals surface area contributed by atoms with E-state index in [4.69, 9.17) is 5.73 Å². The van der Waals surface area contributed by atoms with Gasteiger partial charge in [-0.15, -0.1) is 0 Å². The highest BCUT2D eigenvalue weighted by Crippen LogP contribution is 2.28. The van der Waals surface area contributed by atoms with Crippen LogP contribution in [0.5, 0.6) is 0 Å². The number of halogens is 1. The fourth-order valence-corrected chi connectivity index (χ4v) is 2.78. The Morgan fingerprint density at radius 1 is 1.44 bits per heavy atom. The third-order valence-electron chi connectivity index (χ3n) is 3.18. The van der Waals surface area contributed by atoms with E-state index >= 15 is 0 Å². The SMILES string of the molecule is Nc1cnc(NCCC2CCCC2)c(Br)c1. The lowest BCUT2D eigenvalue weighted by Gasteiger charge is -2.11. The van der Waals surface area contributed by atoms with Crippen molar-refractivity contribution in [3.8, 4) is 0 Å². The Labute approximate surface area is 105 Å². The molecule has 0 saturated heterocycles. The first-order valence-electron chi connectivity index (χ1n) is 5.90. The molecule has 0 radical (unpaired) electrons. The second-order valence-electron chi connectivity index (χ2n) is 4.47. The minimum Gasteiger partial charge on any atom is -0.397 e. The summed E-state index contributed by atoms with van der Waals surface area (Å²) in [4.78, 5) is 4.26. The molecule has 0 unspecified atom stereocenters. The van der Waals surface area contributed by atoms with E-state index in [2.05, 4.69) is 26.2 Å². The highest BCUT2D eigenvalue weighted by molar-refractivity contribution is 9.10. The minimum atomic E-state index is 0.688. The van der Waals surface area contributed by atoms with Crippen molar-refractivity contribution in [1.82, 2.24) is 4.98 Å². The van der Waals surface area contributed by atoms with Crippen LogP contribution < -0.4 is 11.1 Å². The molecule has 88 valence electrons. The largest absolute Gasteiger partial charge is 0.397 e. The number of rotatable bonds is 4. The third-order valence-corrected chi connectivity index (χ3v) is 3.79. The zero-order valence-electron chi connectivity index (χ0n) is 9.38. The van der Waals surface area contributed by atoms with E-state index in [1.807, 2.05) is 6.07 Å². The Bertz CT molecular complexity index is 348. The van der Waals surface area contributed by atoms with Crippen molar-refractivity contribution in [3.63, 3.8) is 0 Å². The quantitative estimate of drug-likeness (QED) is 0.890. The Hall–Kier alpha value is -0.770. The zero-order valence-corrected chi connectivity index (χ0v) is 11.0. The highest BCUT2D eigenvalue weighted by atomic mass is 79.9. The molecular weight excluding hydrogens is 266 g/mol. The maximum Gasteiger partial charge on any atom is 0.140 e. The average Bonchev–Trinajstić information content (AvgIpc) is 2.74. The molecule has 0 atom stereocenters. The Kier molecular flexibility index (Phi) is 4.04. The molecule has 1 aliphatic rings. The Morgan fingerprint density at radius 2 is 2.19 bits per heavy atom. The van der Waals surface area contributed by atoms with Gasteiger partial charge in [-0.25, -0.2) is 4.98 Å². The van der Waals surface area contributed by atoms with Crippen molar-refractivity contribution < 1.29 is 0 Å². The van der Waals surface area contributed by atoms with Crippen LogP contribution in [-0.4, -0.2) is 11.5 Å². The van der Waals surface area contributed by atoms with Gasteiger partial charge in [0.2, 0.25) is 0 Å². The van der Waals surface area contributed by atoms with Crippen LogP contribution in [0.3, 0.4) is 0 Å². The third kappa shape index (κ3) is 3.11. The van der Waals surface area contributed by atoms with Crippen molar-refractivity contribution in [2.24, 2.45) is 5.92 Å². The lowest BCUT2D eigenvalue weighted by Crippen LogP contribution is -2.08. The maximum absolute atomic E-state index is 5.64. The first kappa shape index (κ1) is 11.7. The van der Waals surface area contributed by atoms with E-state index in [-0.39, 0.29) is 0 Å². The molecule has 3 nitrogen and oxygen atoms in total. The zero-order chi connectivity index (χ0) is 11.4. The number of hydrogen-bond donors (Lipinski definition) is 2. The molecule has 4 heteroatoms. The number of nitrogens with one attached hydrogen (secondary N) is 1. The van der Waals surface area contributed by atoms with Crippen LogP contribution in [-0.2, 0) is 0 Å². The van der Waals surface area contributed by atoms with Crippen molar-refractivity contribution in [1.29, 1.82) is 0 Å². The van der Waals surface area contributed by atoms with E-state index in [1.54, 1.807) is 6.20 Å². The summed E-state index contributed by atoms with van der Waals surface area (Å²) in [6.07, 6.45) is 8.56. The molecule has 1 aromatic rings. The van der Waals surface area contributed by atoms with Crippen LogP contribution in [0.4, 0.5) is 11.5 Å². The first-order valence-corrected chi connectivity index (χ1v) is 6.70. The Morgan fingerprint density at radius 3 is 2.88 bits per heavy atom. The van der Waals surface area contributed by atoms with Gasteiger partial charge in [0, 0.05) is 6.54 Å². The average molecular weight is 284 g/mol. The number of nitrogen functional groups attached to an aromatic ring is 1. The number of aromatic nitrogens is 1. The van der Waals surface area contributed by atoms with Gasteiger partial charge in [0.05, 0.1) is 16.4 Å². The Balaban J connectivity index is 1.80. The van der Waals surface area contributed by atoms with Gasteiger partial charge >= 0.3 is 0 Å². The van der Waals surface area contributed by atoms with Crippen molar-refractivity contribution in [2.75, 3.05) is 17.6 Å². The van der Waals surface area contributed by atoms with Gasteiger partial charge in [-0.05, 0) is 34.3 Å². The van der Waals surface area contributed by atoms with Gasteiger partial charge in [-0.3, -0.25) is 0 Å². The predicted molar refractivity (Wildman–Crippen MR) is 71.4 cm³/mol. The molecular formula is C12H18BrN3. The van der Waals surface area contributed by atoms with E-state index < -0.39 is 0 Å². The van der Waals surface area contributed by atoms with Crippen LogP contribution in [0.15, 0.2) is 16.7 Å². The van der Waals surface area contributed by atoms with Crippen LogP contribution in [0, 0.1) is 5.92 Å². The monoisotopic (exact) mass is 283 g/mol. The molecule has 0 aliphatic heterocycles. The molecule has 1 heterocycles. The minimum absolute atomic E-state index is 0.688. The molecule has 16 heavy (non-hydrogen) atoms. The van der Waals surface area contributed by atoms with E-state index in [0.29, 0.717) is 5.69 Å². The molecule has 1 aliphatic carbocycles. The van der Waals surface area contributed by atoms with Crippen LogP contribution in [0.25, 0.3) is 0 Å². The number of nitrogens with two attached hydrogens (primary N) is 1. The number of hydrogen-bond acceptors (Lipinski definition) is 3. The van der Waals surface area contributed by atoms with Gasteiger partial charge < -0.3 is 11.1 Å². The van der Waals surface area contributed by atoms with Crippen molar-refractivity contribution >= 4 is 27.4 Å². The summed E-state index contributed by atoms with van der Waals surface area (Å²) < 4.78 is 0.943. The van der Waals surface area contributed by atoms with Gasteiger partial charge in [-0.2, -0.15) is 0 Å². The van der Waals surface area contributed by atoms with Gasteiger partial charge in [-0.1, -0.05) is 25.7 Å². The number of pyridine rings is 1. The van der Waals surface area contributed by atoms with Gasteiger partial charge in [0.15, 0.2) is 0 Å². The second-order valence-corrected chi connectivity index (χ2v) is 5.32. The summed E-state index contributed by atoms with van der Waals surface area (Å²) in [6, 6.07) is 1.88. The van der Waals surface area contributed by atoms with Crippen LogP contribution in [0.2, 0.25) is 0 Å². The van der Waals surface area contributed by atoms with E-state index in [1.165, 1.54) is 32.1 Å². The molecule has 1 saturated carbocycles. The predicted octanol–water partition coefficient (Wildman–Crippen LogP) is 3.42. The van der Waals surface area contributed by atoms with Crippen molar-refractivity contribution in [2.45, 2.75) is 32.1 Å². The highest BCUT2D eigenvalue weighted by Gasteiger charge is 2.14. The molecule has 0 aromatic carbocycles. The number of anilines is 2. The topological polar surface area (TPSA) is 50.9 Å². The van der Waals surface area contributed by atoms with E-state index in [9.17, 15) is 0 Å². The molecule has 2 rings (SSSR count). The molecule has 3 N–H and O–H groups in total. The summed E-state index contributed by atoms with van der Waals surface area (Å²) in [5.41, 5.74) is 6.32. The fraction of sp³-hybridized carbons (Fsp3) is 0.583. The van der Waals surface area contributed by atoms with Gasteiger partial charge in [0.25, 0.3) is 0 Å². The smallest absolute Gasteiger partial charge is 0.140 e. The summed E-state index contributed by atoms with van der Waals surface area (Å²) in [5.74, 6) is 1.81. The molecule has 1 fully saturated rings. The van der Waals surface area contributed by atoms with Gasteiger partial charge in [0.1, 0.15) is 5.82 Å². The second kappa shape index (κ2) is 5.53. The number of nitrogens with zero attached hydrogens (tertiary/aromatic N) is 1. The van der Waals surface area contributed by atoms with Crippen molar-refractivity contribution in [3.05, 3.63) is 16.7 Å². The summed E-state index contributed by atoms with van der Waals surface area (Å²) in [5, 5.41) is 3.35. The lowest BCUT2D eigenvalue weighted by molar-refractivity contribution is 0.518. The van der Waals surface area contributed by atoms with E-state index in [0.717, 1.165) is 22.8 Å². The lowest BCUT2D eigenvalue weighted by atomic mass is 10.0. The first-order chi connectivity index (χ1) is 7.75. The summed E-state index contributed by atoms with van der Waals surface area (Å²) >= 11 is 3.46. The molecule has 0 bridgehead atoms. The van der Waals surface area contributed by atoms with Crippen LogP contribution in [0.1, 0.15) is 32.1 Å². The molecule has 1 aromatic heterocycles.